The van der Waals surface area contributed by atoms with Crippen LogP contribution in [0.1, 0.15) is 38.2 Å². The largest absolute Gasteiger partial charge is 0.490 e. The molecule has 138 valence electrons. The molecule has 0 aromatic heterocycles. The van der Waals surface area contributed by atoms with Crippen LogP contribution in [-0.4, -0.2) is 61.1 Å². The average molecular weight is 345 g/mol. The Labute approximate surface area is 151 Å². The summed E-state index contributed by atoms with van der Waals surface area (Å²) in [6, 6.07) is 8.49. The minimum atomic E-state index is 0.0899. The van der Waals surface area contributed by atoms with Crippen LogP contribution >= 0.6 is 0 Å². The summed E-state index contributed by atoms with van der Waals surface area (Å²) in [4.78, 5) is 16.9. The number of hydrogen-bond donors (Lipinski definition) is 1. The lowest BCUT2D eigenvalue weighted by Crippen LogP contribution is -2.53. The summed E-state index contributed by atoms with van der Waals surface area (Å²) in [5.41, 5.74) is 1.06. The molecule has 1 saturated heterocycles. The van der Waals surface area contributed by atoms with Crippen molar-refractivity contribution in [1.29, 1.82) is 0 Å². The fraction of sp³-hybridized carbons (Fsp3) is 0.650. The number of hydrogen-bond acceptors (Lipinski definition) is 4. The first-order valence-corrected chi connectivity index (χ1v) is 9.55. The Hall–Kier alpha value is -1.59. The Morgan fingerprint density at radius 1 is 1.24 bits per heavy atom. The number of nitrogens with zero attached hydrogens (tertiary/aromatic N) is 2. The molecule has 1 aromatic rings. The first-order chi connectivity index (χ1) is 12.1. The predicted octanol–water partition coefficient (Wildman–Crippen LogP) is 2.26. The summed E-state index contributed by atoms with van der Waals surface area (Å²) >= 11 is 0. The van der Waals surface area contributed by atoms with Crippen LogP contribution < -0.4 is 10.1 Å². The molecule has 1 amide bonds. The summed E-state index contributed by atoms with van der Waals surface area (Å²) in [7, 11) is 2.13. The van der Waals surface area contributed by atoms with Crippen molar-refractivity contribution >= 4 is 5.91 Å². The van der Waals surface area contributed by atoms with E-state index in [1.54, 1.807) is 0 Å². The highest BCUT2D eigenvalue weighted by Crippen LogP contribution is 2.26. The second kappa shape index (κ2) is 8.68. The van der Waals surface area contributed by atoms with Gasteiger partial charge in [0.2, 0.25) is 5.91 Å². The molecule has 1 aliphatic carbocycles. The van der Waals surface area contributed by atoms with Gasteiger partial charge >= 0.3 is 0 Å². The Balaban J connectivity index is 1.50. The van der Waals surface area contributed by atoms with Crippen LogP contribution in [0.25, 0.3) is 0 Å². The number of likely N-dealkylation sites (N-methyl/N-ethyl adjacent to an activating group) is 1. The van der Waals surface area contributed by atoms with Crippen molar-refractivity contribution in [2.24, 2.45) is 0 Å². The van der Waals surface area contributed by atoms with Gasteiger partial charge in [0.25, 0.3) is 0 Å². The Kier molecular flexibility index (Phi) is 6.32. The van der Waals surface area contributed by atoms with Gasteiger partial charge in [-0.3, -0.25) is 9.69 Å². The van der Waals surface area contributed by atoms with E-state index in [0.717, 1.165) is 43.8 Å². The van der Waals surface area contributed by atoms with Gasteiger partial charge in [0.05, 0.1) is 12.6 Å². The molecule has 25 heavy (non-hydrogen) atoms. The second-order valence-corrected chi connectivity index (χ2v) is 7.49. The van der Waals surface area contributed by atoms with E-state index in [4.69, 9.17) is 4.74 Å². The molecule has 1 N–H and O–H groups in total. The lowest BCUT2D eigenvalue weighted by molar-refractivity contribution is -0.123. The maximum absolute atomic E-state index is 12.4. The van der Waals surface area contributed by atoms with Gasteiger partial charge in [0.15, 0.2) is 0 Å². The van der Waals surface area contributed by atoms with Crippen molar-refractivity contribution in [3.8, 4) is 5.75 Å². The summed E-state index contributed by atoms with van der Waals surface area (Å²) in [6.07, 6.45) is 5.13. The van der Waals surface area contributed by atoms with E-state index in [2.05, 4.69) is 29.1 Å². The number of nitrogens with one attached hydrogen (secondary N) is 1. The highest BCUT2D eigenvalue weighted by atomic mass is 16.5. The SMILES string of the molecule is C[C@H]1CN(C)CCN1CC(=O)NCc1ccccc1OC1CCCC1. The fourth-order valence-electron chi connectivity index (χ4n) is 3.80. The molecule has 0 spiro atoms. The third kappa shape index (κ3) is 5.19. The number of ether oxygens (including phenoxy) is 1. The van der Waals surface area contributed by atoms with Gasteiger partial charge in [-0.05, 0) is 45.7 Å². The van der Waals surface area contributed by atoms with Crippen molar-refractivity contribution in [1.82, 2.24) is 15.1 Å². The lowest BCUT2D eigenvalue weighted by atomic mass is 10.2. The van der Waals surface area contributed by atoms with Gasteiger partial charge in [-0.1, -0.05) is 18.2 Å². The van der Waals surface area contributed by atoms with E-state index in [-0.39, 0.29) is 5.91 Å². The molecule has 5 heteroatoms. The van der Waals surface area contributed by atoms with Crippen LogP contribution in [0.2, 0.25) is 0 Å². The van der Waals surface area contributed by atoms with Gasteiger partial charge in [-0.25, -0.2) is 0 Å². The molecule has 1 aliphatic heterocycles. The fourth-order valence-corrected chi connectivity index (χ4v) is 3.80. The monoisotopic (exact) mass is 345 g/mol. The van der Waals surface area contributed by atoms with Gasteiger partial charge in [-0.2, -0.15) is 0 Å². The van der Waals surface area contributed by atoms with Crippen molar-refractivity contribution < 1.29 is 9.53 Å². The molecular weight excluding hydrogens is 314 g/mol. The molecule has 1 heterocycles. The molecule has 0 bridgehead atoms. The number of carbonyl (C=O) groups is 1. The first kappa shape index (κ1) is 18.2. The molecule has 5 nitrogen and oxygen atoms in total. The summed E-state index contributed by atoms with van der Waals surface area (Å²) in [5, 5.41) is 3.07. The molecule has 1 saturated carbocycles. The van der Waals surface area contributed by atoms with Gasteiger partial charge in [0.1, 0.15) is 5.75 Å². The van der Waals surface area contributed by atoms with Crippen molar-refractivity contribution in [3.63, 3.8) is 0 Å². The maximum Gasteiger partial charge on any atom is 0.234 e. The molecule has 3 rings (SSSR count). The van der Waals surface area contributed by atoms with E-state index < -0.39 is 0 Å². The number of carbonyl (C=O) groups excluding carboxylic acids is 1. The van der Waals surface area contributed by atoms with E-state index in [0.29, 0.717) is 25.2 Å². The van der Waals surface area contributed by atoms with Gasteiger partial charge in [-0.15, -0.1) is 0 Å². The van der Waals surface area contributed by atoms with Crippen molar-refractivity contribution in [2.45, 2.75) is 51.3 Å². The smallest absolute Gasteiger partial charge is 0.234 e. The normalized spacial score (nSPS) is 22.9. The van der Waals surface area contributed by atoms with Crippen LogP contribution in [0.15, 0.2) is 24.3 Å². The lowest BCUT2D eigenvalue weighted by Gasteiger charge is -2.37. The molecule has 0 unspecified atom stereocenters. The van der Waals surface area contributed by atoms with Gasteiger partial charge in [0, 0.05) is 37.8 Å². The summed E-state index contributed by atoms with van der Waals surface area (Å²) < 4.78 is 6.15. The topological polar surface area (TPSA) is 44.8 Å². The third-order valence-electron chi connectivity index (χ3n) is 5.36. The predicted molar refractivity (Wildman–Crippen MR) is 99.7 cm³/mol. The molecule has 1 aromatic carbocycles. The summed E-state index contributed by atoms with van der Waals surface area (Å²) in [5.74, 6) is 1.01. The minimum absolute atomic E-state index is 0.0899. The van der Waals surface area contributed by atoms with Crippen molar-refractivity contribution in [3.05, 3.63) is 29.8 Å². The Morgan fingerprint density at radius 3 is 2.76 bits per heavy atom. The molecule has 2 fully saturated rings. The zero-order valence-electron chi connectivity index (χ0n) is 15.5. The van der Waals surface area contributed by atoms with E-state index >= 15 is 0 Å². The van der Waals surface area contributed by atoms with E-state index in [9.17, 15) is 4.79 Å². The highest BCUT2D eigenvalue weighted by Gasteiger charge is 2.23. The summed E-state index contributed by atoms with van der Waals surface area (Å²) in [6.45, 7) is 6.19. The standard InChI is InChI=1S/C20H31N3O2/c1-16-14-22(2)11-12-23(16)15-20(24)21-13-17-7-3-6-10-19(17)25-18-8-4-5-9-18/h3,6-7,10,16,18H,4-5,8-9,11-15H2,1-2H3,(H,21,24)/t16-/m0/s1. The zero-order valence-corrected chi connectivity index (χ0v) is 15.5. The first-order valence-electron chi connectivity index (χ1n) is 9.55. The third-order valence-corrected chi connectivity index (χ3v) is 5.36. The highest BCUT2D eigenvalue weighted by molar-refractivity contribution is 5.78. The minimum Gasteiger partial charge on any atom is -0.490 e. The Bertz CT molecular complexity index is 572. The average Bonchev–Trinajstić information content (AvgIpc) is 3.10. The molecular formula is C20H31N3O2. The number of benzene rings is 1. The quantitative estimate of drug-likeness (QED) is 0.859. The number of para-hydroxylation sites is 1. The van der Waals surface area contributed by atoms with Crippen LogP contribution in [0.5, 0.6) is 5.75 Å². The van der Waals surface area contributed by atoms with Crippen molar-refractivity contribution in [2.75, 3.05) is 33.2 Å². The van der Waals surface area contributed by atoms with E-state index in [1.165, 1.54) is 12.8 Å². The molecule has 2 aliphatic rings. The maximum atomic E-state index is 12.4. The Morgan fingerprint density at radius 2 is 2.00 bits per heavy atom. The van der Waals surface area contributed by atoms with Crippen LogP contribution in [0.4, 0.5) is 0 Å². The number of amides is 1. The van der Waals surface area contributed by atoms with E-state index in [1.807, 2.05) is 24.3 Å². The van der Waals surface area contributed by atoms with Gasteiger partial charge < -0.3 is 15.0 Å². The number of piperazine rings is 1. The van der Waals surface area contributed by atoms with Crippen LogP contribution in [0, 0.1) is 0 Å². The zero-order chi connectivity index (χ0) is 17.6. The van der Waals surface area contributed by atoms with Crippen LogP contribution in [-0.2, 0) is 11.3 Å². The second-order valence-electron chi connectivity index (χ2n) is 7.49. The van der Waals surface area contributed by atoms with Crippen LogP contribution in [0.3, 0.4) is 0 Å². The number of rotatable bonds is 6. The molecule has 0 radical (unpaired) electrons. The molecule has 1 atom stereocenters.